The van der Waals surface area contributed by atoms with E-state index < -0.39 is 0 Å². The number of piperidine rings is 1. The fourth-order valence-corrected chi connectivity index (χ4v) is 2.50. The van der Waals surface area contributed by atoms with Gasteiger partial charge < -0.3 is 4.90 Å². The summed E-state index contributed by atoms with van der Waals surface area (Å²) in [6.45, 7) is 6.11. The van der Waals surface area contributed by atoms with Crippen molar-refractivity contribution >= 4 is 21.8 Å². The summed E-state index contributed by atoms with van der Waals surface area (Å²) >= 11 is 3.39. The molecule has 0 spiro atoms. The maximum Gasteiger partial charge on any atom is 0.245 e. The van der Waals surface area contributed by atoms with E-state index in [1.165, 1.54) is 6.08 Å². The van der Waals surface area contributed by atoms with Crippen molar-refractivity contribution in [3.05, 3.63) is 29.5 Å². The van der Waals surface area contributed by atoms with Gasteiger partial charge in [0.2, 0.25) is 5.91 Å². The molecule has 0 N–H and O–H groups in total. The molecule has 0 radical (unpaired) electrons. The molecule has 1 aliphatic rings. The highest BCUT2D eigenvalue weighted by Crippen LogP contribution is 2.19. The maximum atomic E-state index is 11.4. The van der Waals surface area contributed by atoms with Gasteiger partial charge in [0.25, 0.3) is 0 Å². The molecular weight excluding hydrogens is 282 g/mol. The Balaban J connectivity index is 1.83. The van der Waals surface area contributed by atoms with Crippen LogP contribution in [0.4, 0.5) is 0 Å². The van der Waals surface area contributed by atoms with Crippen LogP contribution in [0.15, 0.2) is 29.5 Å². The average Bonchev–Trinajstić information content (AvgIpc) is 2.75. The van der Waals surface area contributed by atoms with Gasteiger partial charge in [0.1, 0.15) is 0 Å². The van der Waals surface area contributed by atoms with Crippen LogP contribution < -0.4 is 0 Å². The molecule has 4 nitrogen and oxygen atoms in total. The Kier molecular flexibility index (Phi) is 3.99. The minimum atomic E-state index is 0.0466. The van der Waals surface area contributed by atoms with Crippen molar-refractivity contribution in [3.63, 3.8) is 0 Å². The first-order valence-electron chi connectivity index (χ1n) is 5.78. The molecule has 0 aliphatic carbocycles. The number of carbonyl (C=O) groups excluding carboxylic acids is 1. The van der Waals surface area contributed by atoms with Gasteiger partial charge in [0.15, 0.2) is 0 Å². The number of halogens is 1. The Morgan fingerprint density at radius 3 is 2.82 bits per heavy atom. The lowest BCUT2D eigenvalue weighted by Gasteiger charge is -2.31. The van der Waals surface area contributed by atoms with Crippen LogP contribution in [0.5, 0.6) is 0 Å². The average molecular weight is 298 g/mol. The lowest BCUT2D eigenvalue weighted by atomic mass is 9.97. The zero-order valence-corrected chi connectivity index (χ0v) is 11.3. The fourth-order valence-electron chi connectivity index (χ4n) is 2.17. The molecule has 1 fully saturated rings. The quantitative estimate of drug-likeness (QED) is 0.801. The highest BCUT2D eigenvalue weighted by molar-refractivity contribution is 9.10. The summed E-state index contributed by atoms with van der Waals surface area (Å²) < 4.78 is 2.97. The van der Waals surface area contributed by atoms with E-state index in [9.17, 15) is 4.79 Å². The third-order valence-corrected chi connectivity index (χ3v) is 3.56. The first-order chi connectivity index (χ1) is 8.19. The lowest BCUT2D eigenvalue weighted by molar-refractivity contribution is -0.127. The topological polar surface area (TPSA) is 38.1 Å². The molecule has 92 valence electrons. The van der Waals surface area contributed by atoms with E-state index in [2.05, 4.69) is 27.6 Å². The molecule has 0 bridgehead atoms. The number of hydrogen-bond donors (Lipinski definition) is 0. The van der Waals surface area contributed by atoms with E-state index in [0.29, 0.717) is 5.92 Å². The Bertz CT molecular complexity index is 408. The van der Waals surface area contributed by atoms with Gasteiger partial charge in [-0.15, -0.1) is 0 Å². The van der Waals surface area contributed by atoms with Crippen LogP contribution in [-0.2, 0) is 11.3 Å². The number of aromatic nitrogens is 2. The molecule has 5 heteroatoms. The van der Waals surface area contributed by atoms with Crippen molar-refractivity contribution in [1.29, 1.82) is 0 Å². The Morgan fingerprint density at radius 1 is 1.59 bits per heavy atom. The van der Waals surface area contributed by atoms with Crippen molar-refractivity contribution in [1.82, 2.24) is 14.7 Å². The number of carbonyl (C=O) groups is 1. The second-order valence-electron chi connectivity index (χ2n) is 4.35. The molecule has 2 rings (SSSR count). The molecule has 0 atom stereocenters. The van der Waals surface area contributed by atoms with E-state index >= 15 is 0 Å². The van der Waals surface area contributed by atoms with E-state index in [0.717, 1.165) is 36.9 Å². The summed E-state index contributed by atoms with van der Waals surface area (Å²) in [5.74, 6) is 0.654. The minimum absolute atomic E-state index is 0.0466. The maximum absolute atomic E-state index is 11.4. The summed E-state index contributed by atoms with van der Waals surface area (Å²) in [4.78, 5) is 13.3. The van der Waals surface area contributed by atoms with Crippen LogP contribution in [0.25, 0.3) is 0 Å². The zero-order valence-electron chi connectivity index (χ0n) is 9.68. The normalized spacial score (nSPS) is 17.1. The summed E-state index contributed by atoms with van der Waals surface area (Å²) in [6.07, 6.45) is 7.26. The molecule has 2 heterocycles. The number of amides is 1. The second-order valence-corrected chi connectivity index (χ2v) is 5.27. The Morgan fingerprint density at radius 2 is 2.29 bits per heavy atom. The van der Waals surface area contributed by atoms with Crippen LogP contribution >= 0.6 is 15.9 Å². The Labute approximate surface area is 109 Å². The predicted octanol–water partition coefficient (Wildman–Crippen LogP) is 2.07. The first kappa shape index (κ1) is 12.4. The largest absolute Gasteiger partial charge is 0.339 e. The molecule has 0 aromatic carbocycles. The van der Waals surface area contributed by atoms with Gasteiger partial charge in [0.05, 0.1) is 10.7 Å². The van der Waals surface area contributed by atoms with Gasteiger partial charge in [-0.25, -0.2) is 0 Å². The molecule has 1 aromatic heterocycles. The van der Waals surface area contributed by atoms with Crippen LogP contribution in [0.1, 0.15) is 12.8 Å². The Hall–Kier alpha value is -1.10. The summed E-state index contributed by atoms with van der Waals surface area (Å²) in [5, 5.41) is 4.25. The number of nitrogens with zero attached hydrogens (tertiary/aromatic N) is 3. The van der Waals surface area contributed by atoms with Crippen molar-refractivity contribution in [2.24, 2.45) is 5.92 Å². The first-order valence-corrected chi connectivity index (χ1v) is 6.57. The number of hydrogen-bond acceptors (Lipinski definition) is 2. The minimum Gasteiger partial charge on any atom is -0.339 e. The third kappa shape index (κ3) is 3.19. The zero-order chi connectivity index (χ0) is 12.3. The molecule has 1 aliphatic heterocycles. The van der Waals surface area contributed by atoms with Crippen LogP contribution in [0, 0.1) is 5.92 Å². The smallest absolute Gasteiger partial charge is 0.245 e. The van der Waals surface area contributed by atoms with Gasteiger partial charge in [-0.2, -0.15) is 5.10 Å². The summed E-state index contributed by atoms with van der Waals surface area (Å²) in [7, 11) is 0. The highest BCUT2D eigenvalue weighted by Gasteiger charge is 2.21. The van der Waals surface area contributed by atoms with Gasteiger partial charge >= 0.3 is 0 Å². The SMILES string of the molecule is C=CC(=O)N1CCC(Cn2cc(Br)cn2)CC1. The van der Waals surface area contributed by atoms with Gasteiger partial charge in [-0.1, -0.05) is 6.58 Å². The van der Waals surface area contributed by atoms with E-state index in [1.807, 2.05) is 15.8 Å². The van der Waals surface area contributed by atoms with Crippen molar-refractivity contribution in [2.75, 3.05) is 13.1 Å². The molecule has 0 unspecified atom stereocenters. The predicted molar refractivity (Wildman–Crippen MR) is 69.4 cm³/mol. The summed E-state index contributed by atoms with van der Waals surface area (Å²) in [6, 6.07) is 0. The lowest BCUT2D eigenvalue weighted by Crippen LogP contribution is -2.38. The number of likely N-dealkylation sites (tertiary alicyclic amines) is 1. The van der Waals surface area contributed by atoms with Crippen molar-refractivity contribution in [2.45, 2.75) is 19.4 Å². The van der Waals surface area contributed by atoms with Crippen molar-refractivity contribution < 1.29 is 4.79 Å². The van der Waals surface area contributed by atoms with E-state index in [-0.39, 0.29) is 5.91 Å². The molecule has 1 amide bonds. The summed E-state index contributed by atoms with van der Waals surface area (Å²) in [5.41, 5.74) is 0. The fraction of sp³-hybridized carbons (Fsp3) is 0.500. The molecule has 1 aromatic rings. The molecular formula is C12H16BrN3O. The van der Waals surface area contributed by atoms with Crippen molar-refractivity contribution in [3.8, 4) is 0 Å². The van der Waals surface area contributed by atoms with Gasteiger partial charge in [-0.3, -0.25) is 9.48 Å². The van der Waals surface area contributed by atoms with Gasteiger partial charge in [-0.05, 0) is 40.8 Å². The van der Waals surface area contributed by atoms with E-state index in [4.69, 9.17) is 0 Å². The molecule has 17 heavy (non-hydrogen) atoms. The van der Waals surface area contributed by atoms with Gasteiger partial charge in [0, 0.05) is 25.8 Å². The second kappa shape index (κ2) is 5.49. The monoisotopic (exact) mass is 297 g/mol. The van der Waals surface area contributed by atoms with Crippen LogP contribution in [0.2, 0.25) is 0 Å². The standard InChI is InChI=1S/C12H16BrN3O/c1-2-12(17)15-5-3-10(4-6-15)8-16-9-11(13)7-14-16/h2,7,9-10H,1,3-6,8H2. The van der Waals surface area contributed by atoms with Crippen LogP contribution in [-0.4, -0.2) is 33.7 Å². The van der Waals surface area contributed by atoms with Crippen LogP contribution in [0.3, 0.4) is 0 Å². The number of rotatable bonds is 3. The van der Waals surface area contributed by atoms with E-state index in [1.54, 1.807) is 6.20 Å². The molecule has 1 saturated heterocycles. The highest BCUT2D eigenvalue weighted by atomic mass is 79.9. The third-order valence-electron chi connectivity index (χ3n) is 3.15. The molecule has 0 saturated carbocycles.